The van der Waals surface area contributed by atoms with Crippen molar-refractivity contribution < 1.29 is 14.7 Å². The molecule has 1 aromatic heterocycles. The number of nitrogens with zero attached hydrogens (tertiary/aromatic N) is 3. The molecular weight excluding hydrogens is 418 g/mol. The molecule has 2 heterocycles. The number of aliphatic hydroxyl groups is 1. The molecule has 2 amide bonds. The summed E-state index contributed by atoms with van der Waals surface area (Å²) in [6, 6.07) is 8.52. The van der Waals surface area contributed by atoms with Gasteiger partial charge in [-0.1, -0.05) is 44.0 Å². The molecular formula is C22H30ClN5O3. The van der Waals surface area contributed by atoms with Gasteiger partial charge in [-0.15, -0.1) is 0 Å². The van der Waals surface area contributed by atoms with Crippen LogP contribution in [-0.4, -0.2) is 56.5 Å². The molecule has 0 saturated heterocycles. The van der Waals surface area contributed by atoms with E-state index < -0.39 is 17.7 Å². The highest BCUT2D eigenvalue weighted by atomic mass is 35.5. The van der Waals surface area contributed by atoms with E-state index in [-0.39, 0.29) is 24.2 Å². The summed E-state index contributed by atoms with van der Waals surface area (Å²) in [5.41, 5.74) is -0.0410. The van der Waals surface area contributed by atoms with Crippen LogP contribution in [0.3, 0.4) is 0 Å². The summed E-state index contributed by atoms with van der Waals surface area (Å²) < 4.78 is 1.50. The number of aromatic nitrogens is 2. The first-order valence-corrected chi connectivity index (χ1v) is 10.9. The second kappa shape index (κ2) is 9.38. The third-order valence-electron chi connectivity index (χ3n) is 6.01. The summed E-state index contributed by atoms with van der Waals surface area (Å²) in [5.74, 6) is -0.762. The van der Waals surface area contributed by atoms with Gasteiger partial charge in [0.2, 0.25) is 0 Å². The summed E-state index contributed by atoms with van der Waals surface area (Å²) in [5, 5.41) is 21.7. The molecule has 0 fully saturated rings. The van der Waals surface area contributed by atoms with Gasteiger partial charge < -0.3 is 15.3 Å². The molecule has 3 rings (SSSR count). The van der Waals surface area contributed by atoms with E-state index in [4.69, 9.17) is 11.6 Å². The number of rotatable bonds is 8. The molecule has 1 aromatic carbocycles. The van der Waals surface area contributed by atoms with Crippen molar-refractivity contribution in [2.75, 3.05) is 12.4 Å². The number of anilines is 1. The highest BCUT2D eigenvalue weighted by molar-refractivity contribution is 6.33. The molecule has 0 saturated carbocycles. The summed E-state index contributed by atoms with van der Waals surface area (Å²) >= 11 is 6.11. The zero-order valence-corrected chi connectivity index (χ0v) is 19.1. The van der Waals surface area contributed by atoms with Crippen LogP contribution < -0.4 is 10.6 Å². The number of hydrogen-bond donors (Lipinski definition) is 3. The van der Waals surface area contributed by atoms with Crippen molar-refractivity contribution >= 4 is 29.1 Å². The number of carbonyl (C=O) groups excluding carboxylic acids is 2. The molecule has 0 bridgehead atoms. The van der Waals surface area contributed by atoms with Gasteiger partial charge in [0.1, 0.15) is 11.9 Å². The Bertz CT molecular complexity index is 962. The standard InChI is InChI=1S/C22H30ClN5O3/c1-5-9-14(6-2)24-21(31)22(3)13-28-18(20(30)27(22)4)12-17(26-28)19(29)25-16-11-8-7-10-15(16)23/h7-8,10-12,14,21,24,31H,5-6,9,13H2,1-4H3,(H,25,29). The molecule has 1 aliphatic rings. The molecule has 1 aliphatic heterocycles. The lowest BCUT2D eigenvalue weighted by atomic mass is 9.93. The van der Waals surface area contributed by atoms with Crippen molar-refractivity contribution in [3.8, 4) is 0 Å². The van der Waals surface area contributed by atoms with Gasteiger partial charge in [0.15, 0.2) is 5.69 Å². The van der Waals surface area contributed by atoms with Crippen LogP contribution in [0.5, 0.6) is 0 Å². The van der Waals surface area contributed by atoms with E-state index in [9.17, 15) is 14.7 Å². The largest absolute Gasteiger partial charge is 0.376 e. The Labute approximate surface area is 187 Å². The summed E-state index contributed by atoms with van der Waals surface area (Å²) in [6.45, 7) is 6.23. The first-order valence-electron chi connectivity index (χ1n) is 10.6. The molecule has 0 spiro atoms. The Morgan fingerprint density at radius 3 is 2.71 bits per heavy atom. The van der Waals surface area contributed by atoms with Gasteiger partial charge in [0.25, 0.3) is 11.8 Å². The number of carbonyl (C=O) groups is 2. The minimum absolute atomic E-state index is 0.112. The van der Waals surface area contributed by atoms with Crippen molar-refractivity contribution in [1.29, 1.82) is 0 Å². The third kappa shape index (κ3) is 4.61. The van der Waals surface area contributed by atoms with Gasteiger partial charge in [-0.05, 0) is 31.9 Å². The fourth-order valence-electron chi connectivity index (χ4n) is 3.81. The maximum absolute atomic E-state index is 13.0. The van der Waals surface area contributed by atoms with Gasteiger partial charge in [-0.2, -0.15) is 5.10 Å². The van der Waals surface area contributed by atoms with Crippen LogP contribution in [0.4, 0.5) is 5.69 Å². The lowest BCUT2D eigenvalue weighted by molar-refractivity contribution is -0.0437. The van der Waals surface area contributed by atoms with E-state index in [0.29, 0.717) is 16.4 Å². The molecule has 3 N–H and O–H groups in total. The number of hydrogen-bond acceptors (Lipinski definition) is 5. The molecule has 0 aliphatic carbocycles. The maximum atomic E-state index is 13.0. The van der Waals surface area contributed by atoms with Gasteiger partial charge >= 0.3 is 0 Å². The Morgan fingerprint density at radius 2 is 2.06 bits per heavy atom. The van der Waals surface area contributed by atoms with Crippen LogP contribution in [-0.2, 0) is 6.54 Å². The first kappa shape index (κ1) is 23.2. The number of halogens is 1. The third-order valence-corrected chi connectivity index (χ3v) is 6.34. The van der Waals surface area contributed by atoms with Crippen LogP contribution in [0.25, 0.3) is 0 Å². The second-order valence-corrected chi connectivity index (χ2v) is 8.60. The zero-order chi connectivity index (χ0) is 22.8. The van der Waals surface area contributed by atoms with Crippen molar-refractivity contribution in [3.63, 3.8) is 0 Å². The average Bonchev–Trinajstić information content (AvgIpc) is 3.17. The lowest BCUT2D eigenvalue weighted by Gasteiger charge is -2.46. The van der Waals surface area contributed by atoms with Crippen LogP contribution in [0.1, 0.15) is 61.0 Å². The van der Waals surface area contributed by atoms with E-state index >= 15 is 0 Å². The highest BCUT2D eigenvalue weighted by Gasteiger charge is 2.46. The van der Waals surface area contributed by atoms with Crippen LogP contribution in [0.2, 0.25) is 5.02 Å². The van der Waals surface area contributed by atoms with Crippen LogP contribution >= 0.6 is 11.6 Å². The van der Waals surface area contributed by atoms with Crippen molar-refractivity contribution in [2.24, 2.45) is 0 Å². The fraction of sp³-hybridized carbons (Fsp3) is 0.500. The monoisotopic (exact) mass is 447 g/mol. The Hall–Kier alpha value is -2.42. The zero-order valence-electron chi connectivity index (χ0n) is 18.4. The average molecular weight is 448 g/mol. The molecule has 2 aromatic rings. The molecule has 3 atom stereocenters. The molecule has 9 heteroatoms. The maximum Gasteiger partial charge on any atom is 0.276 e. The molecule has 3 unspecified atom stereocenters. The molecule has 8 nitrogen and oxygen atoms in total. The van der Waals surface area contributed by atoms with E-state index in [1.54, 1.807) is 31.3 Å². The number of fused-ring (bicyclic) bond motifs is 1. The van der Waals surface area contributed by atoms with E-state index in [2.05, 4.69) is 29.6 Å². The van der Waals surface area contributed by atoms with Crippen molar-refractivity contribution in [2.45, 2.75) is 64.4 Å². The van der Waals surface area contributed by atoms with Crippen molar-refractivity contribution in [3.05, 3.63) is 46.7 Å². The Morgan fingerprint density at radius 1 is 1.35 bits per heavy atom. The van der Waals surface area contributed by atoms with Crippen LogP contribution in [0, 0.1) is 0 Å². The number of para-hydroxylation sites is 1. The minimum Gasteiger partial charge on any atom is -0.376 e. The van der Waals surface area contributed by atoms with Gasteiger partial charge in [-0.25, -0.2) is 0 Å². The van der Waals surface area contributed by atoms with Crippen LogP contribution in [0.15, 0.2) is 30.3 Å². The minimum atomic E-state index is -0.948. The summed E-state index contributed by atoms with van der Waals surface area (Å²) in [4.78, 5) is 27.3. The highest BCUT2D eigenvalue weighted by Crippen LogP contribution is 2.29. The topological polar surface area (TPSA) is 99.5 Å². The van der Waals surface area contributed by atoms with Crippen molar-refractivity contribution in [1.82, 2.24) is 20.0 Å². The van der Waals surface area contributed by atoms with E-state index in [0.717, 1.165) is 19.3 Å². The smallest absolute Gasteiger partial charge is 0.276 e. The predicted molar refractivity (Wildman–Crippen MR) is 120 cm³/mol. The number of aliphatic hydroxyl groups excluding tert-OH is 1. The second-order valence-electron chi connectivity index (χ2n) is 8.19. The number of benzene rings is 1. The number of likely N-dealkylation sites (N-methyl/N-ethyl adjacent to an activating group) is 1. The van der Waals surface area contributed by atoms with E-state index in [1.807, 2.05) is 6.92 Å². The fourth-order valence-corrected chi connectivity index (χ4v) is 3.99. The van der Waals surface area contributed by atoms with Gasteiger partial charge in [0.05, 0.1) is 22.8 Å². The summed E-state index contributed by atoms with van der Waals surface area (Å²) in [7, 11) is 1.66. The number of amides is 2. The number of nitrogens with one attached hydrogen (secondary N) is 2. The quantitative estimate of drug-likeness (QED) is 0.540. The molecule has 31 heavy (non-hydrogen) atoms. The molecule has 168 valence electrons. The van der Waals surface area contributed by atoms with Gasteiger partial charge in [0, 0.05) is 19.2 Å². The lowest BCUT2D eigenvalue weighted by Crippen LogP contribution is -2.65. The van der Waals surface area contributed by atoms with E-state index in [1.165, 1.54) is 15.6 Å². The van der Waals surface area contributed by atoms with Gasteiger partial charge in [-0.3, -0.25) is 19.6 Å². The first-order chi connectivity index (χ1) is 14.7. The molecule has 0 radical (unpaired) electrons. The Balaban J connectivity index is 1.83. The summed E-state index contributed by atoms with van der Waals surface area (Å²) in [6.07, 6.45) is 1.85. The Kier molecular flexibility index (Phi) is 7.03. The SMILES string of the molecule is CCCC(CC)NC(O)C1(C)Cn2nc(C(=O)Nc3ccccc3Cl)cc2C(=O)N1C. The predicted octanol–water partition coefficient (Wildman–Crippen LogP) is 3.12. The normalized spacial score (nSPS) is 20.3.